The zero-order chi connectivity index (χ0) is 21.1. The maximum absolute atomic E-state index is 13.1. The van der Waals surface area contributed by atoms with Gasteiger partial charge in [-0.1, -0.05) is 6.07 Å². The van der Waals surface area contributed by atoms with Crippen LogP contribution in [0.5, 0.6) is 0 Å². The summed E-state index contributed by atoms with van der Waals surface area (Å²) in [5.74, 6) is -0.555. The van der Waals surface area contributed by atoms with E-state index in [0.29, 0.717) is 25.3 Å². The molecule has 1 aliphatic rings. The average Bonchev–Trinajstić information content (AvgIpc) is 2.69. The SMILES string of the molecule is Cc1ccc(S(=O)(=O)c2ccc(F)cc2)cc1S(=O)(=O)NCCN1CCOCC1. The summed E-state index contributed by atoms with van der Waals surface area (Å²) < 4.78 is 72.0. The van der Waals surface area contributed by atoms with Crippen molar-refractivity contribution in [3.05, 3.63) is 53.8 Å². The number of nitrogens with one attached hydrogen (secondary N) is 1. The van der Waals surface area contributed by atoms with E-state index >= 15 is 0 Å². The first-order valence-corrected chi connectivity index (χ1v) is 12.1. The van der Waals surface area contributed by atoms with Crippen LogP contribution in [0.1, 0.15) is 5.56 Å². The number of hydrogen-bond donors (Lipinski definition) is 1. The number of hydrogen-bond acceptors (Lipinski definition) is 6. The van der Waals surface area contributed by atoms with Crippen LogP contribution < -0.4 is 4.72 Å². The van der Waals surface area contributed by atoms with Gasteiger partial charge in [-0.05, 0) is 48.9 Å². The minimum Gasteiger partial charge on any atom is -0.379 e. The van der Waals surface area contributed by atoms with E-state index in [0.717, 1.165) is 43.4 Å². The van der Waals surface area contributed by atoms with E-state index < -0.39 is 25.7 Å². The van der Waals surface area contributed by atoms with Gasteiger partial charge in [0.1, 0.15) is 5.82 Å². The number of morpholine rings is 1. The first-order chi connectivity index (χ1) is 13.7. The Kier molecular flexibility index (Phi) is 6.69. The lowest BCUT2D eigenvalue weighted by Crippen LogP contribution is -2.41. The van der Waals surface area contributed by atoms with Gasteiger partial charge in [0.25, 0.3) is 0 Å². The predicted molar refractivity (Wildman–Crippen MR) is 105 cm³/mol. The first kappa shape index (κ1) is 21.8. The van der Waals surface area contributed by atoms with Gasteiger partial charge in [-0.25, -0.2) is 25.9 Å². The van der Waals surface area contributed by atoms with Crippen molar-refractivity contribution >= 4 is 19.9 Å². The molecule has 10 heteroatoms. The lowest BCUT2D eigenvalue weighted by atomic mass is 10.2. The highest BCUT2D eigenvalue weighted by molar-refractivity contribution is 7.91. The summed E-state index contributed by atoms with van der Waals surface area (Å²) >= 11 is 0. The summed E-state index contributed by atoms with van der Waals surface area (Å²) in [5, 5.41) is 0. The Morgan fingerprint density at radius 3 is 2.28 bits per heavy atom. The van der Waals surface area contributed by atoms with Crippen molar-refractivity contribution in [1.29, 1.82) is 0 Å². The molecule has 0 bridgehead atoms. The van der Waals surface area contributed by atoms with Gasteiger partial charge < -0.3 is 4.74 Å². The van der Waals surface area contributed by atoms with Gasteiger partial charge in [0.05, 0.1) is 27.9 Å². The number of halogens is 1. The molecule has 1 aliphatic heterocycles. The molecular weight excluding hydrogens is 419 g/mol. The van der Waals surface area contributed by atoms with Gasteiger partial charge in [-0.15, -0.1) is 0 Å². The highest BCUT2D eigenvalue weighted by Gasteiger charge is 2.23. The van der Waals surface area contributed by atoms with Gasteiger partial charge >= 0.3 is 0 Å². The van der Waals surface area contributed by atoms with Crippen molar-refractivity contribution in [3.63, 3.8) is 0 Å². The quantitative estimate of drug-likeness (QED) is 0.655. The van der Waals surface area contributed by atoms with E-state index in [1.807, 2.05) is 0 Å². The molecule has 1 N–H and O–H groups in total. The predicted octanol–water partition coefficient (Wildman–Crippen LogP) is 1.58. The molecule has 3 rings (SSSR count). The third-order valence-corrected chi connectivity index (χ3v) is 8.08. The van der Waals surface area contributed by atoms with Crippen molar-refractivity contribution in [2.75, 3.05) is 39.4 Å². The molecule has 0 aromatic heterocycles. The maximum atomic E-state index is 13.1. The fourth-order valence-corrected chi connectivity index (χ4v) is 5.68. The third kappa shape index (κ3) is 5.20. The highest BCUT2D eigenvalue weighted by Crippen LogP contribution is 2.25. The molecule has 0 spiro atoms. The Balaban J connectivity index is 1.81. The van der Waals surface area contributed by atoms with Crippen LogP contribution >= 0.6 is 0 Å². The van der Waals surface area contributed by atoms with Gasteiger partial charge in [0, 0.05) is 26.2 Å². The number of rotatable bonds is 7. The van der Waals surface area contributed by atoms with Crippen molar-refractivity contribution in [1.82, 2.24) is 9.62 Å². The summed E-state index contributed by atoms with van der Waals surface area (Å²) in [6.07, 6.45) is 0. The number of benzene rings is 2. The molecule has 29 heavy (non-hydrogen) atoms. The second-order valence-corrected chi connectivity index (χ2v) is 10.4. The molecule has 1 fully saturated rings. The van der Waals surface area contributed by atoms with E-state index in [9.17, 15) is 21.2 Å². The Morgan fingerprint density at radius 2 is 1.62 bits per heavy atom. The number of sulfonamides is 1. The smallest absolute Gasteiger partial charge is 0.240 e. The average molecular weight is 443 g/mol. The highest BCUT2D eigenvalue weighted by atomic mass is 32.2. The molecule has 1 heterocycles. The van der Waals surface area contributed by atoms with Crippen LogP contribution in [-0.2, 0) is 24.6 Å². The summed E-state index contributed by atoms with van der Waals surface area (Å²) in [5.41, 5.74) is 0.432. The lowest BCUT2D eigenvalue weighted by Gasteiger charge is -2.26. The van der Waals surface area contributed by atoms with Crippen molar-refractivity contribution in [2.24, 2.45) is 0 Å². The number of ether oxygens (including phenoxy) is 1. The van der Waals surface area contributed by atoms with E-state index in [2.05, 4.69) is 9.62 Å². The van der Waals surface area contributed by atoms with Crippen LogP contribution in [0.25, 0.3) is 0 Å². The van der Waals surface area contributed by atoms with Crippen molar-refractivity contribution in [3.8, 4) is 0 Å². The number of sulfone groups is 1. The molecule has 0 unspecified atom stereocenters. The van der Waals surface area contributed by atoms with Crippen molar-refractivity contribution in [2.45, 2.75) is 21.6 Å². The zero-order valence-electron chi connectivity index (χ0n) is 16.0. The van der Waals surface area contributed by atoms with E-state index in [1.54, 1.807) is 6.92 Å². The van der Waals surface area contributed by atoms with Crippen LogP contribution in [0.4, 0.5) is 4.39 Å². The fraction of sp³-hybridized carbons (Fsp3) is 0.368. The van der Waals surface area contributed by atoms with Crippen LogP contribution in [-0.4, -0.2) is 61.1 Å². The van der Waals surface area contributed by atoms with E-state index in [4.69, 9.17) is 4.74 Å². The molecule has 2 aromatic rings. The van der Waals surface area contributed by atoms with Crippen LogP contribution in [0, 0.1) is 12.7 Å². The number of aryl methyl sites for hydroxylation is 1. The lowest BCUT2D eigenvalue weighted by molar-refractivity contribution is 0.0390. The standard InChI is InChI=1S/C19H23FN2O5S2/c1-15-2-5-18(28(23,24)17-6-3-16(20)4-7-17)14-19(15)29(25,26)21-8-9-22-10-12-27-13-11-22/h2-7,14,21H,8-13H2,1H3. The van der Waals surface area contributed by atoms with Gasteiger partial charge in [0.2, 0.25) is 19.9 Å². The molecule has 0 radical (unpaired) electrons. The number of nitrogens with zero attached hydrogens (tertiary/aromatic N) is 1. The Labute approximate surface area is 170 Å². The minimum absolute atomic E-state index is 0.0948. The topological polar surface area (TPSA) is 92.8 Å². The monoisotopic (exact) mass is 442 g/mol. The zero-order valence-corrected chi connectivity index (χ0v) is 17.6. The molecule has 1 saturated heterocycles. The molecule has 0 amide bonds. The van der Waals surface area contributed by atoms with E-state index in [1.165, 1.54) is 12.1 Å². The maximum Gasteiger partial charge on any atom is 0.240 e. The molecular formula is C19H23FN2O5S2. The van der Waals surface area contributed by atoms with E-state index in [-0.39, 0.29) is 21.2 Å². The molecule has 158 valence electrons. The molecule has 7 nitrogen and oxygen atoms in total. The Hall–Kier alpha value is -1.85. The van der Waals surface area contributed by atoms with Gasteiger partial charge in [0.15, 0.2) is 0 Å². The molecule has 0 aliphatic carbocycles. The summed E-state index contributed by atoms with van der Waals surface area (Å²) in [6.45, 7) is 5.07. The Morgan fingerprint density at radius 1 is 1.00 bits per heavy atom. The third-order valence-electron chi connectivity index (χ3n) is 4.71. The molecule has 0 atom stereocenters. The first-order valence-electron chi connectivity index (χ1n) is 9.11. The molecule has 2 aromatic carbocycles. The van der Waals surface area contributed by atoms with Crippen LogP contribution in [0.15, 0.2) is 57.2 Å². The minimum atomic E-state index is -3.97. The Bertz CT molecular complexity index is 1060. The van der Waals surface area contributed by atoms with Gasteiger partial charge in [-0.2, -0.15) is 0 Å². The largest absolute Gasteiger partial charge is 0.379 e. The van der Waals surface area contributed by atoms with Crippen molar-refractivity contribution < 1.29 is 26.0 Å². The fourth-order valence-electron chi connectivity index (χ4n) is 3.03. The van der Waals surface area contributed by atoms with Crippen LogP contribution in [0.3, 0.4) is 0 Å². The van der Waals surface area contributed by atoms with Gasteiger partial charge in [-0.3, -0.25) is 4.90 Å². The summed E-state index contributed by atoms with van der Waals surface area (Å²) in [7, 11) is -7.87. The van der Waals surface area contributed by atoms with Crippen LogP contribution in [0.2, 0.25) is 0 Å². The normalized spacial score (nSPS) is 16.1. The second-order valence-electron chi connectivity index (χ2n) is 6.74. The summed E-state index contributed by atoms with van der Waals surface area (Å²) in [6, 6.07) is 8.34. The summed E-state index contributed by atoms with van der Waals surface area (Å²) in [4.78, 5) is 1.73. The second kappa shape index (κ2) is 8.88. The molecule has 0 saturated carbocycles.